The van der Waals surface area contributed by atoms with Crippen LogP contribution in [-0.2, 0) is 4.79 Å². The van der Waals surface area contributed by atoms with E-state index in [-0.39, 0.29) is 0 Å². The Kier molecular flexibility index (Phi) is 4.02. The van der Waals surface area contributed by atoms with Crippen LogP contribution in [0, 0.1) is 11.3 Å². The molecule has 0 saturated heterocycles. The molecule has 0 aliphatic heterocycles. The maximum Gasteiger partial charge on any atom is 0.258 e. The number of primary amides is 1. The number of ether oxygens (including phenoxy) is 1. The molecule has 0 heterocycles. The SMILES string of the molecule is C[C@@H](Oc1ccc(-c2ccc(C#N)cc2)cc1)C(N)=O. The van der Waals surface area contributed by atoms with Gasteiger partial charge in [0.1, 0.15) is 5.75 Å². The van der Waals surface area contributed by atoms with Gasteiger partial charge in [-0.1, -0.05) is 24.3 Å². The van der Waals surface area contributed by atoms with Crippen LogP contribution in [0.25, 0.3) is 11.1 Å². The largest absolute Gasteiger partial charge is 0.481 e. The molecule has 0 aliphatic carbocycles. The second-order valence-corrected chi connectivity index (χ2v) is 4.38. The Balaban J connectivity index is 2.15. The standard InChI is InChI=1S/C16H14N2O2/c1-11(16(18)19)20-15-8-6-14(7-9-15)13-4-2-12(10-17)3-5-13/h2-9,11H,1H3,(H2,18,19)/t11-/m1/s1. The molecule has 0 aromatic heterocycles. The van der Waals surface area contributed by atoms with Crippen molar-refractivity contribution >= 4 is 5.91 Å². The number of benzene rings is 2. The Bertz CT molecular complexity index is 640. The summed E-state index contributed by atoms with van der Waals surface area (Å²) in [5.74, 6) is 0.0925. The van der Waals surface area contributed by atoms with Crippen molar-refractivity contribution in [2.75, 3.05) is 0 Å². The number of nitrogens with zero attached hydrogens (tertiary/aromatic N) is 1. The lowest BCUT2D eigenvalue weighted by Crippen LogP contribution is -2.30. The van der Waals surface area contributed by atoms with E-state index in [1.807, 2.05) is 24.3 Å². The second kappa shape index (κ2) is 5.89. The molecule has 0 aliphatic rings. The van der Waals surface area contributed by atoms with Crippen LogP contribution in [-0.4, -0.2) is 12.0 Å². The van der Waals surface area contributed by atoms with Crippen LogP contribution in [0.5, 0.6) is 5.75 Å². The van der Waals surface area contributed by atoms with Gasteiger partial charge in [0, 0.05) is 0 Å². The first-order valence-electron chi connectivity index (χ1n) is 6.16. The number of nitriles is 1. The number of hydrogen-bond donors (Lipinski definition) is 1. The van der Waals surface area contributed by atoms with Gasteiger partial charge in [-0.15, -0.1) is 0 Å². The van der Waals surface area contributed by atoms with Gasteiger partial charge in [-0.05, 0) is 42.3 Å². The van der Waals surface area contributed by atoms with Gasteiger partial charge in [0.2, 0.25) is 0 Å². The summed E-state index contributed by atoms with van der Waals surface area (Å²) in [4.78, 5) is 10.9. The van der Waals surface area contributed by atoms with Crippen LogP contribution in [0.1, 0.15) is 12.5 Å². The molecule has 2 aromatic rings. The van der Waals surface area contributed by atoms with E-state index >= 15 is 0 Å². The van der Waals surface area contributed by atoms with Gasteiger partial charge < -0.3 is 10.5 Å². The van der Waals surface area contributed by atoms with Crippen molar-refractivity contribution in [1.29, 1.82) is 5.26 Å². The zero-order valence-electron chi connectivity index (χ0n) is 11.0. The fraction of sp³-hybridized carbons (Fsp3) is 0.125. The van der Waals surface area contributed by atoms with E-state index in [9.17, 15) is 4.79 Å². The van der Waals surface area contributed by atoms with Crippen molar-refractivity contribution in [3.63, 3.8) is 0 Å². The Morgan fingerprint density at radius 3 is 2.05 bits per heavy atom. The quantitative estimate of drug-likeness (QED) is 0.923. The Morgan fingerprint density at radius 2 is 1.60 bits per heavy atom. The number of carbonyl (C=O) groups excluding carboxylic acids is 1. The van der Waals surface area contributed by atoms with Gasteiger partial charge in [-0.25, -0.2) is 0 Å². The molecule has 2 N–H and O–H groups in total. The number of rotatable bonds is 4. The minimum absolute atomic E-state index is 0.499. The molecule has 4 heteroatoms. The predicted molar refractivity (Wildman–Crippen MR) is 75.9 cm³/mol. The van der Waals surface area contributed by atoms with Gasteiger partial charge in [0.25, 0.3) is 5.91 Å². The fourth-order valence-corrected chi connectivity index (χ4v) is 1.73. The first kappa shape index (κ1) is 13.6. The topological polar surface area (TPSA) is 76.1 Å². The van der Waals surface area contributed by atoms with E-state index in [2.05, 4.69) is 6.07 Å². The molecule has 0 bridgehead atoms. The molecule has 2 rings (SSSR count). The highest BCUT2D eigenvalue weighted by molar-refractivity contribution is 5.78. The lowest BCUT2D eigenvalue weighted by atomic mass is 10.0. The summed E-state index contributed by atoms with van der Waals surface area (Å²) in [6.45, 7) is 1.61. The van der Waals surface area contributed by atoms with Gasteiger partial charge in [0.05, 0.1) is 11.6 Å². The number of hydrogen-bond acceptors (Lipinski definition) is 3. The predicted octanol–water partition coefficient (Wildman–Crippen LogP) is 2.48. The maximum absolute atomic E-state index is 10.9. The van der Waals surface area contributed by atoms with Gasteiger partial charge in [-0.2, -0.15) is 5.26 Å². The molecule has 0 unspecified atom stereocenters. The van der Waals surface area contributed by atoms with E-state index in [4.69, 9.17) is 15.7 Å². The Morgan fingerprint density at radius 1 is 1.10 bits per heavy atom. The number of carbonyl (C=O) groups is 1. The molecule has 100 valence electrons. The Hall–Kier alpha value is -2.80. The first-order chi connectivity index (χ1) is 9.60. The average molecular weight is 266 g/mol. The molecule has 0 spiro atoms. The molecule has 4 nitrogen and oxygen atoms in total. The molecule has 20 heavy (non-hydrogen) atoms. The third-order valence-corrected chi connectivity index (χ3v) is 2.92. The lowest BCUT2D eigenvalue weighted by Gasteiger charge is -2.11. The summed E-state index contributed by atoms with van der Waals surface area (Å²) in [6.07, 6.45) is -0.657. The minimum atomic E-state index is -0.657. The van der Waals surface area contributed by atoms with Crippen molar-refractivity contribution in [3.8, 4) is 22.9 Å². The maximum atomic E-state index is 10.9. The average Bonchev–Trinajstić information content (AvgIpc) is 2.48. The van der Waals surface area contributed by atoms with E-state index in [1.165, 1.54) is 0 Å². The monoisotopic (exact) mass is 266 g/mol. The summed E-state index contributed by atoms with van der Waals surface area (Å²) < 4.78 is 5.39. The smallest absolute Gasteiger partial charge is 0.258 e. The summed E-state index contributed by atoms with van der Waals surface area (Å²) in [7, 11) is 0. The zero-order chi connectivity index (χ0) is 14.5. The molecule has 2 aromatic carbocycles. The molecular formula is C16H14N2O2. The number of nitrogens with two attached hydrogens (primary N) is 1. The lowest BCUT2D eigenvalue weighted by molar-refractivity contribution is -0.123. The van der Waals surface area contributed by atoms with Crippen molar-refractivity contribution in [2.24, 2.45) is 5.73 Å². The van der Waals surface area contributed by atoms with Crippen molar-refractivity contribution in [3.05, 3.63) is 54.1 Å². The minimum Gasteiger partial charge on any atom is -0.481 e. The van der Waals surface area contributed by atoms with E-state index in [1.54, 1.807) is 31.2 Å². The summed E-state index contributed by atoms with van der Waals surface area (Å²) in [5.41, 5.74) is 7.79. The normalized spacial score (nSPS) is 11.4. The van der Waals surface area contributed by atoms with Crippen LogP contribution < -0.4 is 10.5 Å². The molecule has 1 amide bonds. The van der Waals surface area contributed by atoms with E-state index in [0.717, 1.165) is 11.1 Å². The van der Waals surface area contributed by atoms with Crippen molar-refractivity contribution < 1.29 is 9.53 Å². The highest BCUT2D eigenvalue weighted by atomic mass is 16.5. The van der Waals surface area contributed by atoms with Gasteiger partial charge >= 0.3 is 0 Å². The van der Waals surface area contributed by atoms with E-state index in [0.29, 0.717) is 11.3 Å². The van der Waals surface area contributed by atoms with Gasteiger partial charge in [-0.3, -0.25) is 4.79 Å². The first-order valence-corrected chi connectivity index (χ1v) is 6.16. The molecule has 1 atom stereocenters. The van der Waals surface area contributed by atoms with E-state index < -0.39 is 12.0 Å². The Labute approximate surface area is 117 Å². The summed E-state index contributed by atoms with van der Waals surface area (Å²) in [5, 5.41) is 8.76. The van der Waals surface area contributed by atoms with Crippen LogP contribution in [0.2, 0.25) is 0 Å². The molecule has 0 radical (unpaired) electrons. The van der Waals surface area contributed by atoms with Crippen LogP contribution in [0.4, 0.5) is 0 Å². The fourth-order valence-electron chi connectivity index (χ4n) is 1.73. The zero-order valence-corrected chi connectivity index (χ0v) is 11.0. The number of amides is 1. The molecular weight excluding hydrogens is 252 g/mol. The molecule has 0 fully saturated rings. The molecule has 0 saturated carbocycles. The van der Waals surface area contributed by atoms with Gasteiger partial charge in [0.15, 0.2) is 6.10 Å². The second-order valence-electron chi connectivity index (χ2n) is 4.38. The summed E-state index contributed by atoms with van der Waals surface area (Å²) >= 11 is 0. The summed E-state index contributed by atoms with van der Waals surface area (Å²) in [6, 6.07) is 16.8. The van der Waals surface area contributed by atoms with Crippen LogP contribution in [0.3, 0.4) is 0 Å². The van der Waals surface area contributed by atoms with Crippen molar-refractivity contribution in [1.82, 2.24) is 0 Å². The van der Waals surface area contributed by atoms with Crippen LogP contribution >= 0.6 is 0 Å². The third kappa shape index (κ3) is 3.15. The van der Waals surface area contributed by atoms with Crippen molar-refractivity contribution in [2.45, 2.75) is 13.0 Å². The van der Waals surface area contributed by atoms with Crippen LogP contribution in [0.15, 0.2) is 48.5 Å². The third-order valence-electron chi connectivity index (χ3n) is 2.92. The highest BCUT2D eigenvalue weighted by Gasteiger charge is 2.09. The highest BCUT2D eigenvalue weighted by Crippen LogP contribution is 2.23.